The Balaban J connectivity index is 1.87. The molecule has 7 nitrogen and oxygen atoms in total. The largest absolute Gasteiger partial charge is 0.465 e. The number of hydrogen-bond donors (Lipinski definition) is 2. The van der Waals surface area contributed by atoms with E-state index in [1.54, 1.807) is 17.8 Å². The summed E-state index contributed by atoms with van der Waals surface area (Å²) in [4.78, 5) is 26.5. The van der Waals surface area contributed by atoms with Gasteiger partial charge in [-0.3, -0.25) is 9.48 Å². The average molecular weight is 509 g/mol. The van der Waals surface area contributed by atoms with Crippen LogP contribution in [0.3, 0.4) is 0 Å². The number of nitrogens with zero attached hydrogens (tertiary/aromatic N) is 3. The second kappa shape index (κ2) is 10.2. The molecule has 1 aromatic carbocycles. The molecule has 0 aliphatic rings. The first-order valence-electron chi connectivity index (χ1n) is 10.3. The molecule has 0 aliphatic carbocycles. The van der Waals surface area contributed by atoms with Crippen LogP contribution in [0.5, 0.6) is 0 Å². The fourth-order valence-electron chi connectivity index (χ4n) is 3.53. The first-order chi connectivity index (χ1) is 15.5. The third-order valence-electron chi connectivity index (χ3n) is 5.22. The number of aromatic nitrogens is 2. The fraction of sp³-hybridized carbons (Fsp3) is 0.348. The highest BCUT2D eigenvalue weighted by molar-refractivity contribution is 7.20. The molecule has 0 saturated heterocycles. The Labute approximate surface area is 206 Å². The number of anilines is 1. The highest BCUT2D eigenvalue weighted by Crippen LogP contribution is 2.41. The van der Waals surface area contributed by atoms with E-state index in [2.05, 4.69) is 10.4 Å². The standard InChI is InChI=1S/C23H26Cl2N4O3S/c1-23(2,3)29(22(31)32)13-15(10-14-8-6-5-7-9-14)21(30)27-18-11-16(20(25)33-18)19-17(24)12-26-28(19)4/h5-9,11-12,15H,10,13H2,1-4H3,(H,27,30)(H,31,32). The van der Waals surface area contributed by atoms with Crippen LogP contribution >= 0.6 is 34.5 Å². The third kappa shape index (κ3) is 6.07. The van der Waals surface area contributed by atoms with Gasteiger partial charge in [0.1, 0.15) is 4.34 Å². The van der Waals surface area contributed by atoms with Gasteiger partial charge in [-0.2, -0.15) is 5.10 Å². The van der Waals surface area contributed by atoms with Crippen molar-refractivity contribution in [2.45, 2.75) is 32.7 Å². The highest BCUT2D eigenvalue weighted by atomic mass is 35.5. The minimum atomic E-state index is -1.07. The van der Waals surface area contributed by atoms with Gasteiger partial charge in [0, 0.05) is 24.7 Å². The van der Waals surface area contributed by atoms with E-state index < -0.39 is 17.6 Å². The number of amides is 2. The van der Waals surface area contributed by atoms with Gasteiger partial charge in [0.2, 0.25) is 5.91 Å². The predicted octanol–water partition coefficient (Wildman–Crippen LogP) is 6.03. The summed E-state index contributed by atoms with van der Waals surface area (Å²) >= 11 is 13.9. The van der Waals surface area contributed by atoms with Crippen LogP contribution in [0.25, 0.3) is 11.3 Å². The summed E-state index contributed by atoms with van der Waals surface area (Å²) in [7, 11) is 1.76. The zero-order valence-electron chi connectivity index (χ0n) is 18.8. The van der Waals surface area contributed by atoms with Gasteiger partial charge in [-0.1, -0.05) is 53.5 Å². The van der Waals surface area contributed by atoms with Crippen LogP contribution in [0.4, 0.5) is 9.80 Å². The first kappa shape index (κ1) is 25.1. The molecule has 3 aromatic rings. The van der Waals surface area contributed by atoms with Crippen molar-refractivity contribution in [3.05, 3.63) is 57.5 Å². The van der Waals surface area contributed by atoms with E-state index in [1.165, 1.54) is 22.4 Å². The minimum Gasteiger partial charge on any atom is -0.465 e. The lowest BCUT2D eigenvalue weighted by atomic mass is 9.95. The number of nitrogens with one attached hydrogen (secondary N) is 1. The van der Waals surface area contributed by atoms with Crippen molar-refractivity contribution in [2.75, 3.05) is 11.9 Å². The molecule has 0 spiro atoms. The Hall–Kier alpha value is -2.55. The zero-order chi connectivity index (χ0) is 24.3. The second-order valence-corrected chi connectivity index (χ2v) is 10.8. The Kier molecular flexibility index (Phi) is 7.72. The van der Waals surface area contributed by atoms with Crippen molar-refractivity contribution in [2.24, 2.45) is 13.0 Å². The molecule has 0 radical (unpaired) electrons. The molecule has 2 N–H and O–H groups in total. The van der Waals surface area contributed by atoms with Crippen LogP contribution in [-0.2, 0) is 18.3 Å². The molecular weight excluding hydrogens is 483 g/mol. The Morgan fingerprint density at radius 2 is 1.91 bits per heavy atom. The van der Waals surface area contributed by atoms with Crippen molar-refractivity contribution in [1.82, 2.24) is 14.7 Å². The maximum Gasteiger partial charge on any atom is 0.407 e. The number of thiophene rings is 1. The molecule has 176 valence electrons. The lowest BCUT2D eigenvalue weighted by Gasteiger charge is -2.35. The molecule has 33 heavy (non-hydrogen) atoms. The molecule has 0 bridgehead atoms. The van der Waals surface area contributed by atoms with E-state index in [9.17, 15) is 14.7 Å². The summed E-state index contributed by atoms with van der Waals surface area (Å²) in [5.41, 5.74) is 1.62. The smallest absolute Gasteiger partial charge is 0.407 e. The number of hydrogen-bond acceptors (Lipinski definition) is 4. The second-order valence-electron chi connectivity index (χ2n) is 8.70. The Morgan fingerprint density at radius 3 is 2.45 bits per heavy atom. The summed E-state index contributed by atoms with van der Waals surface area (Å²) in [6, 6.07) is 11.3. The van der Waals surface area contributed by atoms with Gasteiger partial charge < -0.3 is 15.3 Å². The topological polar surface area (TPSA) is 87.5 Å². The summed E-state index contributed by atoms with van der Waals surface area (Å²) in [6.45, 7) is 5.48. The van der Waals surface area contributed by atoms with E-state index >= 15 is 0 Å². The number of benzene rings is 1. The predicted molar refractivity (Wildman–Crippen MR) is 133 cm³/mol. The van der Waals surface area contributed by atoms with Crippen molar-refractivity contribution in [3.63, 3.8) is 0 Å². The van der Waals surface area contributed by atoms with Crippen LogP contribution < -0.4 is 5.32 Å². The lowest BCUT2D eigenvalue weighted by Crippen LogP contribution is -2.49. The first-order valence-corrected chi connectivity index (χ1v) is 11.9. The SMILES string of the molecule is Cn1ncc(Cl)c1-c1cc(NC(=O)C(Cc2ccccc2)CN(C(=O)O)C(C)(C)C)sc1Cl. The van der Waals surface area contributed by atoms with Gasteiger partial charge in [0.25, 0.3) is 0 Å². The Bertz CT molecular complexity index is 1120. The maximum absolute atomic E-state index is 13.3. The fourth-order valence-corrected chi connectivity index (χ4v) is 4.98. The molecular formula is C23H26Cl2N4O3S. The molecule has 0 fully saturated rings. The highest BCUT2D eigenvalue weighted by Gasteiger charge is 2.32. The van der Waals surface area contributed by atoms with Gasteiger partial charge in [-0.05, 0) is 38.8 Å². The van der Waals surface area contributed by atoms with Crippen LogP contribution in [-0.4, -0.2) is 43.9 Å². The lowest BCUT2D eigenvalue weighted by molar-refractivity contribution is -0.120. The zero-order valence-corrected chi connectivity index (χ0v) is 21.1. The number of aryl methyl sites for hydroxylation is 1. The summed E-state index contributed by atoms with van der Waals surface area (Å²) in [5.74, 6) is -0.887. The van der Waals surface area contributed by atoms with Gasteiger partial charge >= 0.3 is 6.09 Å². The summed E-state index contributed by atoms with van der Waals surface area (Å²) in [6.07, 6.45) is 0.860. The van der Waals surface area contributed by atoms with Crippen LogP contribution in [0.2, 0.25) is 9.36 Å². The van der Waals surface area contributed by atoms with Crippen LogP contribution in [0.15, 0.2) is 42.6 Å². The molecule has 0 aliphatic heterocycles. The van der Waals surface area contributed by atoms with E-state index in [0.717, 1.165) is 5.56 Å². The third-order valence-corrected chi connectivity index (χ3v) is 6.77. The van der Waals surface area contributed by atoms with Crippen molar-refractivity contribution in [1.29, 1.82) is 0 Å². The summed E-state index contributed by atoms with van der Waals surface area (Å²) < 4.78 is 2.09. The summed E-state index contributed by atoms with van der Waals surface area (Å²) in [5, 5.41) is 17.8. The number of rotatable bonds is 7. The van der Waals surface area contributed by atoms with Gasteiger partial charge in [0.15, 0.2) is 0 Å². The van der Waals surface area contributed by atoms with Crippen molar-refractivity contribution >= 4 is 51.5 Å². The van der Waals surface area contributed by atoms with E-state index in [0.29, 0.717) is 32.0 Å². The molecule has 3 rings (SSSR count). The minimum absolute atomic E-state index is 0.0546. The quantitative estimate of drug-likeness (QED) is 0.407. The van der Waals surface area contributed by atoms with Crippen molar-refractivity contribution in [3.8, 4) is 11.3 Å². The number of carboxylic acid groups (broad SMARTS) is 1. The van der Waals surface area contributed by atoms with Crippen LogP contribution in [0, 0.1) is 5.92 Å². The number of carbonyl (C=O) groups excluding carboxylic acids is 1. The van der Waals surface area contributed by atoms with E-state index in [1.807, 2.05) is 51.1 Å². The molecule has 2 aromatic heterocycles. The van der Waals surface area contributed by atoms with E-state index in [-0.39, 0.29) is 12.5 Å². The maximum atomic E-state index is 13.3. The monoisotopic (exact) mass is 508 g/mol. The average Bonchev–Trinajstić information content (AvgIpc) is 3.24. The molecule has 0 saturated carbocycles. The molecule has 2 amide bonds. The van der Waals surface area contributed by atoms with E-state index in [4.69, 9.17) is 23.2 Å². The Morgan fingerprint density at radius 1 is 1.24 bits per heavy atom. The van der Waals surface area contributed by atoms with Gasteiger partial charge in [-0.15, -0.1) is 11.3 Å². The van der Waals surface area contributed by atoms with Gasteiger partial charge in [0.05, 0.1) is 27.8 Å². The number of halogens is 2. The molecule has 1 atom stereocenters. The van der Waals surface area contributed by atoms with Crippen molar-refractivity contribution < 1.29 is 14.7 Å². The molecule has 10 heteroatoms. The van der Waals surface area contributed by atoms with Gasteiger partial charge in [-0.25, -0.2) is 4.79 Å². The molecule has 1 unspecified atom stereocenters. The van der Waals surface area contributed by atoms with Crippen LogP contribution in [0.1, 0.15) is 26.3 Å². The number of carbonyl (C=O) groups is 2. The molecule has 2 heterocycles. The normalized spacial score (nSPS) is 12.4.